The number of fused-ring (bicyclic) bond motifs is 1. The number of hydrogen-bond donors (Lipinski definition) is 1. The predicted octanol–water partition coefficient (Wildman–Crippen LogP) is 3.38. The maximum Gasteiger partial charge on any atom is 0.0504 e. The van der Waals surface area contributed by atoms with Crippen LogP contribution in [0.2, 0.25) is 0 Å². The second-order valence-electron chi connectivity index (χ2n) is 6.37. The first-order valence-electron chi connectivity index (χ1n) is 7.77. The molecule has 1 N–H and O–H groups in total. The van der Waals surface area contributed by atoms with Crippen molar-refractivity contribution in [2.75, 3.05) is 24.6 Å². The maximum atomic E-state index is 9.84. The number of rotatable bonds is 3. The first kappa shape index (κ1) is 13.0. The van der Waals surface area contributed by atoms with E-state index in [1.54, 1.807) is 0 Å². The number of hydrogen-bond acceptors (Lipinski definition) is 2. The summed E-state index contributed by atoms with van der Waals surface area (Å²) in [5.41, 5.74) is 3.07. The molecule has 1 fully saturated rings. The van der Waals surface area contributed by atoms with Gasteiger partial charge in [0.1, 0.15) is 0 Å². The molecule has 1 aromatic rings. The van der Waals surface area contributed by atoms with Crippen LogP contribution in [-0.2, 0) is 6.42 Å². The average molecular weight is 259 g/mol. The lowest BCUT2D eigenvalue weighted by Crippen LogP contribution is -2.39. The fourth-order valence-corrected chi connectivity index (χ4v) is 3.83. The van der Waals surface area contributed by atoms with Crippen molar-refractivity contribution < 1.29 is 5.11 Å². The lowest BCUT2D eigenvalue weighted by molar-refractivity contribution is 0.135. The van der Waals surface area contributed by atoms with Gasteiger partial charge in [-0.3, -0.25) is 0 Å². The molecule has 2 heteroatoms. The molecule has 1 heterocycles. The minimum absolute atomic E-state index is 0.164. The van der Waals surface area contributed by atoms with E-state index < -0.39 is 0 Å². The molecule has 19 heavy (non-hydrogen) atoms. The van der Waals surface area contributed by atoms with Crippen molar-refractivity contribution >= 4 is 5.69 Å². The third-order valence-corrected chi connectivity index (χ3v) is 4.98. The van der Waals surface area contributed by atoms with Gasteiger partial charge in [0.2, 0.25) is 0 Å². The van der Waals surface area contributed by atoms with Crippen LogP contribution in [0.4, 0.5) is 5.69 Å². The Hall–Kier alpha value is -1.02. The highest BCUT2D eigenvalue weighted by molar-refractivity contribution is 5.54. The largest absolute Gasteiger partial charge is 0.396 e. The molecule has 2 aliphatic rings. The van der Waals surface area contributed by atoms with Crippen molar-refractivity contribution in [3.8, 4) is 0 Å². The highest BCUT2D eigenvalue weighted by Crippen LogP contribution is 2.40. The number of aliphatic hydroxyl groups is 1. The third-order valence-electron chi connectivity index (χ3n) is 4.98. The van der Waals surface area contributed by atoms with E-state index in [0.29, 0.717) is 6.61 Å². The fourth-order valence-electron chi connectivity index (χ4n) is 3.83. The van der Waals surface area contributed by atoms with E-state index in [1.807, 2.05) is 0 Å². The van der Waals surface area contributed by atoms with Gasteiger partial charge in [0.05, 0.1) is 6.61 Å². The van der Waals surface area contributed by atoms with Crippen LogP contribution in [0.5, 0.6) is 0 Å². The average Bonchev–Trinajstić information content (AvgIpc) is 2.83. The van der Waals surface area contributed by atoms with Gasteiger partial charge in [-0.15, -0.1) is 0 Å². The zero-order valence-electron chi connectivity index (χ0n) is 11.8. The van der Waals surface area contributed by atoms with Gasteiger partial charge in [-0.1, -0.05) is 31.0 Å². The van der Waals surface area contributed by atoms with Crippen LogP contribution >= 0.6 is 0 Å². The molecule has 0 amide bonds. The number of aryl methyl sites for hydroxylation is 1. The maximum absolute atomic E-state index is 9.84. The molecule has 0 radical (unpaired) electrons. The van der Waals surface area contributed by atoms with Crippen molar-refractivity contribution in [3.63, 3.8) is 0 Å². The fraction of sp³-hybridized carbons (Fsp3) is 0.647. The van der Waals surface area contributed by atoms with Crippen molar-refractivity contribution in [1.82, 2.24) is 0 Å². The quantitative estimate of drug-likeness (QED) is 0.899. The molecule has 1 aliphatic heterocycles. The summed E-state index contributed by atoms with van der Waals surface area (Å²) in [4.78, 5) is 2.55. The second-order valence-corrected chi connectivity index (χ2v) is 6.37. The Morgan fingerprint density at radius 2 is 1.84 bits per heavy atom. The Morgan fingerprint density at radius 3 is 2.63 bits per heavy atom. The summed E-state index contributed by atoms with van der Waals surface area (Å²) < 4.78 is 0. The van der Waals surface area contributed by atoms with E-state index >= 15 is 0 Å². The van der Waals surface area contributed by atoms with Crippen LogP contribution in [-0.4, -0.2) is 24.8 Å². The summed E-state index contributed by atoms with van der Waals surface area (Å²) in [7, 11) is 0. The first-order chi connectivity index (χ1) is 9.33. The lowest BCUT2D eigenvalue weighted by atomic mass is 9.86. The van der Waals surface area contributed by atoms with E-state index in [2.05, 4.69) is 29.2 Å². The summed E-state index contributed by atoms with van der Waals surface area (Å²) in [6.07, 6.45) is 8.74. The molecule has 0 aromatic heterocycles. The SMILES string of the molecule is OCC1(CN2CCCCc3ccccc32)CCCC1. The molecule has 1 saturated carbocycles. The van der Waals surface area contributed by atoms with Gasteiger partial charge in [0.15, 0.2) is 0 Å². The summed E-state index contributed by atoms with van der Waals surface area (Å²) in [6, 6.07) is 8.84. The molecule has 0 saturated heterocycles. The molecular weight excluding hydrogens is 234 g/mol. The molecule has 104 valence electrons. The van der Waals surface area contributed by atoms with Gasteiger partial charge < -0.3 is 10.0 Å². The smallest absolute Gasteiger partial charge is 0.0504 e. The molecule has 2 nitrogen and oxygen atoms in total. The van der Waals surface area contributed by atoms with E-state index in [4.69, 9.17) is 0 Å². The Balaban J connectivity index is 1.84. The van der Waals surface area contributed by atoms with Gasteiger partial charge in [0, 0.05) is 24.2 Å². The lowest BCUT2D eigenvalue weighted by Gasteiger charge is -2.35. The Bertz CT molecular complexity index is 423. The Labute approximate surface area is 116 Å². The second kappa shape index (κ2) is 5.54. The van der Waals surface area contributed by atoms with E-state index in [0.717, 1.165) is 13.1 Å². The van der Waals surface area contributed by atoms with Gasteiger partial charge in [-0.05, 0) is 43.7 Å². The van der Waals surface area contributed by atoms with Crippen molar-refractivity contribution in [1.29, 1.82) is 0 Å². The van der Waals surface area contributed by atoms with Gasteiger partial charge >= 0.3 is 0 Å². The van der Waals surface area contributed by atoms with Crippen molar-refractivity contribution in [3.05, 3.63) is 29.8 Å². The van der Waals surface area contributed by atoms with Gasteiger partial charge in [-0.2, -0.15) is 0 Å². The molecule has 1 aliphatic carbocycles. The minimum atomic E-state index is 0.164. The predicted molar refractivity (Wildman–Crippen MR) is 79.6 cm³/mol. The summed E-state index contributed by atoms with van der Waals surface area (Å²) in [5.74, 6) is 0. The molecule has 1 aromatic carbocycles. The summed E-state index contributed by atoms with van der Waals surface area (Å²) >= 11 is 0. The Kier molecular flexibility index (Phi) is 3.79. The van der Waals surface area contributed by atoms with Crippen LogP contribution in [0.15, 0.2) is 24.3 Å². The normalized spacial score (nSPS) is 22.1. The van der Waals surface area contributed by atoms with E-state index in [9.17, 15) is 5.11 Å². The van der Waals surface area contributed by atoms with Gasteiger partial charge in [-0.25, -0.2) is 0 Å². The topological polar surface area (TPSA) is 23.5 Å². The van der Waals surface area contributed by atoms with Crippen molar-refractivity contribution in [2.24, 2.45) is 5.41 Å². The molecule has 0 unspecified atom stereocenters. The highest BCUT2D eigenvalue weighted by atomic mass is 16.3. The molecule has 0 bridgehead atoms. The third kappa shape index (κ3) is 2.64. The van der Waals surface area contributed by atoms with Crippen LogP contribution in [0, 0.1) is 5.41 Å². The first-order valence-corrected chi connectivity index (χ1v) is 7.77. The number of anilines is 1. The van der Waals surface area contributed by atoms with Crippen LogP contribution in [0.3, 0.4) is 0 Å². The molecule has 0 spiro atoms. The Morgan fingerprint density at radius 1 is 1.05 bits per heavy atom. The van der Waals surface area contributed by atoms with Gasteiger partial charge in [0.25, 0.3) is 0 Å². The van der Waals surface area contributed by atoms with E-state index in [1.165, 1.54) is 56.2 Å². The number of aliphatic hydroxyl groups excluding tert-OH is 1. The summed E-state index contributed by atoms with van der Waals surface area (Å²) in [6.45, 7) is 2.55. The van der Waals surface area contributed by atoms with Crippen molar-refractivity contribution in [2.45, 2.75) is 44.9 Å². The van der Waals surface area contributed by atoms with Crippen LogP contribution in [0.1, 0.15) is 44.1 Å². The molecule has 0 atom stereocenters. The molecular formula is C17H25NO. The highest BCUT2D eigenvalue weighted by Gasteiger charge is 2.35. The monoisotopic (exact) mass is 259 g/mol. The zero-order chi connectivity index (χ0) is 13.1. The number of para-hydroxylation sites is 1. The van der Waals surface area contributed by atoms with Crippen LogP contribution < -0.4 is 4.90 Å². The summed E-state index contributed by atoms with van der Waals surface area (Å²) in [5, 5.41) is 9.84. The number of benzene rings is 1. The standard InChI is InChI=1S/C17H25NO/c19-14-17(10-4-5-11-17)13-18-12-6-3-8-15-7-1-2-9-16(15)18/h1-2,7,9,19H,3-6,8,10-14H2. The van der Waals surface area contributed by atoms with Crippen LogP contribution in [0.25, 0.3) is 0 Å². The molecule has 3 rings (SSSR count). The minimum Gasteiger partial charge on any atom is -0.396 e. The number of nitrogens with zero attached hydrogens (tertiary/aromatic N) is 1. The zero-order valence-corrected chi connectivity index (χ0v) is 11.8. The van der Waals surface area contributed by atoms with E-state index in [-0.39, 0.29) is 5.41 Å².